The highest BCUT2D eigenvalue weighted by Gasteiger charge is 2.23. The smallest absolute Gasteiger partial charge is 0.326 e. The molecule has 3 aromatic rings. The van der Waals surface area contributed by atoms with Gasteiger partial charge in [-0.25, -0.2) is 9.59 Å². The van der Waals surface area contributed by atoms with Gasteiger partial charge >= 0.3 is 12.0 Å². The number of halogens is 1. The molecule has 3 rings (SSSR count). The lowest BCUT2D eigenvalue weighted by atomic mass is 10.0. The van der Waals surface area contributed by atoms with Gasteiger partial charge in [0.2, 0.25) is 0 Å². The van der Waals surface area contributed by atoms with Crippen LogP contribution in [0, 0.1) is 12.8 Å². The second-order valence-corrected chi connectivity index (χ2v) is 8.64. The van der Waals surface area contributed by atoms with Gasteiger partial charge in [0.25, 0.3) is 5.91 Å². The van der Waals surface area contributed by atoms with Gasteiger partial charge in [-0.2, -0.15) is 0 Å². The van der Waals surface area contributed by atoms with E-state index < -0.39 is 17.9 Å². The number of carbonyl (C=O) groups is 3. The highest BCUT2D eigenvalue weighted by Crippen LogP contribution is 2.23. The molecule has 34 heavy (non-hydrogen) atoms. The summed E-state index contributed by atoms with van der Waals surface area (Å²) in [5, 5.41) is 17.9. The minimum Gasteiger partial charge on any atom is -0.480 e. The number of hydrogen-bond acceptors (Lipinski definition) is 3. The van der Waals surface area contributed by atoms with Crippen molar-refractivity contribution >= 4 is 40.9 Å². The minimum absolute atomic E-state index is 0.232. The Hall–Kier alpha value is -3.84. The Bertz CT molecular complexity index is 1190. The minimum atomic E-state index is -1.06. The maximum absolute atomic E-state index is 12.4. The average molecular weight is 480 g/mol. The second-order valence-electron chi connectivity index (χ2n) is 8.23. The maximum atomic E-state index is 12.4. The Kier molecular flexibility index (Phi) is 7.91. The molecule has 4 N–H and O–H groups in total. The summed E-state index contributed by atoms with van der Waals surface area (Å²) in [6.45, 7) is 5.36. The molecule has 0 saturated heterocycles. The highest BCUT2D eigenvalue weighted by atomic mass is 35.5. The summed E-state index contributed by atoms with van der Waals surface area (Å²) in [4.78, 5) is 36.0. The van der Waals surface area contributed by atoms with Gasteiger partial charge in [0, 0.05) is 22.0 Å². The van der Waals surface area contributed by atoms with Gasteiger partial charge in [0.05, 0.1) is 0 Å². The standard InChI is InChI=1S/C26H26ClN3O4/c1-15(2)23(25(32)33)30-24(31)19-7-5-17(6-8-19)18-9-12-20(13-10-18)28-26(34)29-21-11-4-16(3)22(27)14-21/h4-15,23H,1-3H3,(H,30,31)(H,32,33)(H2,28,29,34)/t23-/m1/s1. The van der Waals surface area contributed by atoms with Gasteiger partial charge < -0.3 is 21.1 Å². The van der Waals surface area contributed by atoms with Gasteiger partial charge in [-0.3, -0.25) is 4.79 Å². The van der Waals surface area contributed by atoms with Crippen molar-refractivity contribution in [3.63, 3.8) is 0 Å². The number of aliphatic carboxylic acids is 1. The van der Waals surface area contributed by atoms with E-state index in [2.05, 4.69) is 16.0 Å². The number of urea groups is 1. The molecular weight excluding hydrogens is 454 g/mol. The Morgan fingerprint density at radius 2 is 1.35 bits per heavy atom. The number of carboxylic acids is 1. The lowest BCUT2D eigenvalue weighted by Crippen LogP contribution is -2.44. The van der Waals surface area contributed by atoms with Crippen molar-refractivity contribution in [1.82, 2.24) is 5.32 Å². The predicted molar refractivity (Wildman–Crippen MR) is 134 cm³/mol. The first kappa shape index (κ1) is 24.8. The topological polar surface area (TPSA) is 108 Å². The lowest BCUT2D eigenvalue weighted by molar-refractivity contribution is -0.140. The van der Waals surface area contributed by atoms with Crippen LogP contribution in [0.5, 0.6) is 0 Å². The van der Waals surface area contributed by atoms with E-state index in [-0.39, 0.29) is 11.9 Å². The monoisotopic (exact) mass is 479 g/mol. The number of aryl methyl sites for hydroxylation is 1. The molecule has 176 valence electrons. The number of amides is 3. The van der Waals surface area contributed by atoms with E-state index >= 15 is 0 Å². The van der Waals surface area contributed by atoms with Crippen molar-refractivity contribution in [2.75, 3.05) is 10.6 Å². The summed E-state index contributed by atoms with van der Waals surface area (Å²) >= 11 is 6.09. The van der Waals surface area contributed by atoms with Gasteiger partial charge in [-0.05, 0) is 65.9 Å². The fourth-order valence-corrected chi connectivity index (χ4v) is 3.44. The molecule has 8 heteroatoms. The Morgan fingerprint density at radius 3 is 1.88 bits per heavy atom. The Morgan fingerprint density at radius 1 is 0.824 bits per heavy atom. The van der Waals surface area contributed by atoms with Crippen molar-refractivity contribution in [2.24, 2.45) is 5.92 Å². The molecule has 7 nitrogen and oxygen atoms in total. The molecule has 0 saturated carbocycles. The largest absolute Gasteiger partial charge is 0.480 e. The molecule has 0 bridgehead atoms. The number of rotatable bonds is 7. The van der Waals surface area contributed by atoms with Crippen molar-refractivity contribution in [1.29, 1.82) is 0 Å². The van der Waals surface area contributed by atoms with E-state index in [1.807, 2.05) is 25.1 Å². The van der Waals surface area contributed by atoms with Gasteiger partial charge in [-0.15, -0.1) is 0 Å². The molecule has 0 aliphatic heterocycles. The van der Waals surface area contributed by atoms with Crippen molar-refractivity contribution in [3.05, 3.63) is 82.9 Å². The van der Waals surface area contributed by atoms with E-state index in [4.69, 9.17) is 11.6 Å². The van der Waals surface area contributed by atoms with Crippen LogP contribution >= 0.6 is 11.6 Å². The normalized spacial score (nSPS) is 11.6. The van der Waals surface area contributed by atoms with Crippen LogP contribution in [0.1, 0.15) is 29.8 Å². The fraction of sp³-hybridized carbons (Fsp3) is 0.192. The molecule has 0 aliphatic rings. The van der Waals surface area contributed by atoms with Crippen LogP contribution in [0.15, 0.2) is 66.7 Å². The molecule has 0 heterocycles. The number of anilines is 2. The van der Waals surface area contributed by atoms with Crippen LogP contribution < -0.4 is 16.0 Å². The van der Waals surface area contributed by atoms with Crippen molar-refractivity contribution in [3.8, 4) is 11.1 Å². The predicted octanol–water partition coefficient (Wildman–Crippen LogP) is 5.80. The zero-order valence-corrected chi connectivity index (χ0v) is 19.8. The first-order valence-electron chi connectivity index (χ1n) is 10.7. The van der Waals surface area contributed by atoms with E-state index in [1.165, 1.54) is 0 Å². The highest BCUT2D eigenvalue weighted by molar-refractivity contribution is 6.31. The van der Waals surface area contributed by atoms with Crippen LogP contribution in [-0.4, -0.2) is 29.1 Å². The molecule has 0 aliphatic carbocycles. The maximum Gasteiger partial charge on any atom is 0.326 e. The summed E-state index contributed by atoms with van der Waals surface area (Å²) < 4.78 is 0. The molecule has 0 spiro atoms. The van der Waals surface area contributed by atoms with Crippen molar-refractivity contribution in [2.45, 2.75) is 26.8 Å². The van der Waals surface area contributed by atoms with Crippen LogP contribution in [0.25, 0.3) is 11.1 Å². The summed E-state index contributed by atoms with van der Waals surface area (Å²) in [5.41, 5.74) is 4.29. The van der Waals surface area contributed by atoms with E-state index in [0.29, 0.717) is 22.0 Å². The second kappa shape index (κ2) is 10.9. The van der Waals surface area contributed by atoms with Gasteiger partial charge in [-0.1, -0.05) is 55.8 Å². The summed E-state index contributed by atoms with van der Waals surface area (Å²) in [6.07, 6.45) is 0. The molecule has 0 fully saturated rings. The zero-order chi connectivity index (χ0) is 24.8. The quantitative estimate of drug-likeness (QED) is 0.343. The Balaban J connectivity index is 1.61. The average Bonchev–Trinajstić information content (AvgIpc) is 2.80. The molecule has 0 unspecified atom stereocenters. The van der Waals surface area contributed by atoms with Gasteiger partial charge in [0.1, 0.15) is 6.04 Å². The Labute approximate surface area is 203 Å². The molecule has 3 amide bonds. The molecular formula is C26H26ClN3O4. The van der Waals surface area contributed by atoms with E-state index in [9.17, 15) is 19.5 Å². The number of hydrogen-bond donors (Lipinski definition) is 4. The van der Waals surface area contributed by atoms with Crippen LogP contribution in [0.4, 0.5) is 16.2 Å². The summed E-state index contributed by atoms with van der Waals surface area (Å²) in [7, 11) is 0. The third-order valence-electron chi connectivity index (χ3n) is 5.27. The molecule has 0 aromatic heterocycles. The van der Waals surface area contributed by atoms with E-state index in [1.54, 1.807) is 62.4 Å². The molecule has 1 atom stereocenters. The van der Waals surface area contributed by atoms with Gasteiger partial charge in [0.15, 0.2) is 0 Å². The third-order valence-corrected chi connectivity index (χ3v) is 5.68. The zero-order valence-electron chi connectivity index (χ0n) is 19.1. The van der Waals surface area contributed by atoms with Crippen molar-refractivity contribution < 1.29 is 19.5 Å². The van der Waals surface area contributed by atoms with E-state index in [0.717, 1.165) is 16.7 Å². The number of benzene rings is 3. The van der Waals surface area contributed by atoms with Crippen LogP contribution in [-0.2, 0) is 4.79 Å². The first-order chi connectivity index (χ1) is 16.1. The number of carbonyl (C=O) groups excluding carboxylic acids is 2. The molecule has 3 aromatic carbocycles. The summed E-state index contributed by atoms with van der Waals surface area (Å²) in [5.74, 6) is -1.73. The molecule has 0 radical (unpaired) electrons. The number of carboxylic acid groups (broad SMARTS) is 1. The third kappa shape index (κ3) is 6.36. The lowest BCUT2D eigenvalue weighted by Gasteiger charge is -2.18. The van der Waals surface area contributed by atoms with Crippen LogP contribution in [0.2, 0.25) is 5.02 Å². The summed E-state index contributed by atoms with van der Waals surface area (Å²) in [6, 6.07) is 18.1. The van der Waals surface area contributed by atoms with Crippen LogP contribution in [0.3, 0.4) is 0 Å². The SMILES string of the molecule is Cc1ccc(NC(=O)Nc2ccc(-c3ccc(C(=O)N[C@@H](C(=O)O)C(C)C)cc3)cc2)cc1Cl. The first-order valence-corrected chi connectivity index (χ1v) is 11.1. The fourth-order valence-electron chi connectivity index (χ4n) is 3.26. The number of nitrogens with one attached hydrogen (secondary N) is 3.